The predicted octanol–water partition coefficient (Wildman–Crippen LogP) is 5.01. The Bertz CT molecular complexity index is 2490. The highest BCUT2D eigenvalue weighted by molar-refractivity contribution is 6.04. The van der Waals surface area contributed by atoms with Crippen molar-refractivity contribution < 1.29 is 27.6 Å². The van der Waals surface area contributed by atoms with Crippen LogP contribution in [0.5, 0.6) is 0 Å². The maximum atomic E-state index is 13.6. The number of nitrogens with two attached hydrogens (primary N) is 2. The van der Waals surface area contributed by atoms with E-state index in [0.29, 0.717) is 58.0 Å². The van der Waals surface area contributed by atoms with Gasteiger partial charge in [-0.15, -0.1) is 13.2 Å². The number of carbonyl (C=O) groups is 3. The third kappa shape index (κ3) is 7.71. The van der Waals surface area contributed by atoms with Crippen molar-refractivity contribution in [3.63, 3.8) is 0 Å². The van der Waals surface area contributed by atoms with Crippen molar-refractivity contribution >= 4 is 40.5 Å². The van der Waals surface area contributed by atoms with Gasteiger partial charge < -0.3 is 20.9 Å². The van der Waals surface area contributed by atoms with Crippen LogP contribution in [0.3, 0.4) is 0 Å². The summed E-state index contributed by atoms with van der Waals surface area (Å²) in [4.78, 5) is 53.1. The molecule has 0 bridgehead atoms. The molecule has 1 aliphatic rings. The van der Waals surface area contributed by atoms with Crippen LogP contribution in [0, 0.1) is 13.8 Å². The van der Waals surface area contributed by atoms with Gasteiger partial charge in [0, 0.05) is 60.8 Å². The second kappa shape index (κ2) is 15.5. The van der Waals surface area contributed by atoms with E-state index in [9.17, 15) is 27.6 Å². The number of nitrogens with zero attached hydrogens (tertiary/aromatic N) is 9. The summed E-state index contributed by atoms with van der Waals surface area (Å²) in [6.45, 7) is 11.8. The highest BCUT2D eigenvalue weighted by atomic mass is 19.4. The van der Waals surface area contributed by atoms with Gasteiger partial charge in [-0.1, -0.05) is 31.7 Å². The van der Waals surface area contributed by atoms with Crippen LogP contribution >= 0.6 is 0 Å². The van der Waals surface area contributed by atoms with Gasteiger partial charge in [0.1, 0.15) is 11.5 Å². The molecule has 6 rings (SSSR count). The molecule has 5 heterocycles. The van der Waals surface area contributed by atoms with Crippen LogP contribution in [0.4, 0.5) is 24.9 Å². The summed E-state index contributed by atoms with van der Waals surface area (Å²) >= 11 is 0. The Hall–Kier alpha value is -6.85. The van der Waals surface area contributed by atoms with Crippen LogP contribution in [0.1, 0.15) is 57.2 Å². The highest BCUT2D eigenvalue weighted by Crippen LogP contribution is 2.35. The second-order valence-corrected chi connectivity index (χ2v) is 12.9. The van der Waals surface area contributed by atoms with Crippen LogP contribution in [0.15, 0.2) is 78.8 Å². The summed E-state index contributed by atoms with van der Waals surface area (Å²) in [7, 11) is 0. The van der Waals surface area contributed by atoms with Crippen molar-refractivity contribution in [3.8, 4) is 11.4 Å². The molecule has 0 aliphatic carbocycles. The van der Waals surface area contributed by atoms with Crippen molar-refractivity contribution in [1.82, 2.24) is 39.1 Å². The third-order valence-corrected chi connectivity index (χ3v) is 9.12. The van der Waals surface area contributed by atoms with Crippen molar-refractivity contribution in [3.05, 3.63) is 113 Å². The normalized spacial score (nSPS) is 13.9. The minimum absolute atomic E-state index is 0.0543. The number of anilines is 2. The number of aromatic nitrogens is 8. The van der Waals surface area contributed by atoms with E-state index in [1.165, 1.54) is 12.2 Å². The van der Waals surface area contributed by atoms with Crippen LogP contribution in [0.25, 0.3) is 22.4 Å². The van der Waals surface area contributed by atoms with Gasteiger partial charge in [0.05, 0.1) is 28.0 Å². The van der Waals surface area contributed by atoms with Gasteiger partial charge in [0.2, 0.25) is 17.8 Å². The number of allylic oxidation sites excluding steroid dienone is 4. The molecule has 0 saturated heterocycles. The van der Waals surface area contributed by atoms with Gasteiger partial charge in [-0.05, 0) is 63.1 Å². The van der Waals surface area contributed by atoms with Gasteiger partial charge in [-0.25, -0.2) is 15.0 Å². The van der Waals surface area contributed by atoms with E-state index in [2.05, 4.69) is 32.1 Å². The molecule has 3 amide bonds. The molecule has 4 aromatic heterocycles. The average Bonchev–Trinajstić information content (AvgIpc) is 3.92. The van der Waals surface area contributed by atoms with Crippen molar-refractivity contribution in [2.75, 3.05) is 16.8 Å². The molecule has 1 aromatic carbocycles. The number of aryl methyl sites for hydroxylation is 4. The van der Waals surface area contributed by atoms with E-state index in [1.807, 2.05) is 30.9 Å². The smallest absolute Gasteiger partial charge is 0.366 e. The van der Waals surface area contributed by atoms with Crippen molar-refractivity contribution in [2.45, 2.75) is 59.9 Å². The fraction of sp³-hybridized carbons (Fsp3) is 0.263. The topological polar surface area (TPSA) is 198 Å². The number of imidazole rings is 1. The summed E-state index contributed by atoms with van der Waals surface area (Å²) in [6, 6.07) is 4.90. The summed E-state index contributed by atoms with van der Waals surface area (Å²) < 4.78 is 44.1. The first-order chi connectivity index (χ1) is 26.6. The quantitative estimate of drug-likeness (QED) is 0.0837. The highest BCUT2D eigenvalue weighted by Gasteiger charge is 2.34. The molecular formula is C38H39F3N12O3. The molecule has 0 fully saturated rings. The van der Waals surface area contributed by atoms with Crippen LogP contribution in [-0.4, -0.2) is 63.3 Å². The van der Waals surface area contributed by atoms with Gasteiger partial charge >= 0.3 is 6.30 Å². The molecule has 1 aliphatic heterocycles. The minimum atomic E-state index is -4.72. The number of alkyl halides is 3. The van der Waals surface area contributed by atoms with Crippen LogP contribution < -0.4 is 21.7 Å². The van der Waals surface area contributed by atoms with E-state index >= 15 is 0 Å². The van der Waals surface area contributed by atoms with Gasteiger partial charge in [-0.3, -0.25) is 24.4 Å². The Labute approximate surface area is 318 Å². The molecule has 0 saturated carbocycles. The Morgan fingerprint density at radius 2 is 1.79 bits per heavy atom. The number of primary amides is 2. The van der Waals surface area contributed by atoms with Gasteiger partial charge in [0.15, 0.2) is 5.82 Å². The summed E-state index contributed by atoms with van der Waals surface area (Å²) in [5.74, 6) is -0.956. The number of benzene rings is 1. The zero-order valence-electron chi connectivity index (χ0n) is 31.1. The van der Waals surface area contributed by atoms with E-state index in [-0.39, 0.29) is 58.4 Å². The SMILES string of the molecule is C=C/C(=C\C=C1/Cc2cnc(-c3cn(C(F)(F)F)nc3CC)nc2N1C/C=C/Cn1c(NC(=O)c2cc(C)nn2CC)nc2cc(C(N)=O)cc(C)c21)C(N)=O. The fourth-order valence-corrected chi connectivity index (χ4v) is 6.48. The first-order valence-corrected chi connectivity index (χ1v) is 17.6. The number of amides is 3. The average molecular weight is 769 g/mol. The lowest BCUT2D eigenvalue weighted by atomic mass is 10.1. The standard InChI is InChI=1S/C38H39F3N12O3/c1-6-23(32(42)54)11-12-26-17-25-19-44-34(27-20-53(38(39,40)41)49-28(27)7-2)46-35(25)50(26)13-9-10-14-51-31-21(4)15-24(33(43)55)18-29(31)45-37(51)47-36(56)30-16-22(5)48-52(30)8-3/h6,9-12,15-16,18-20H,1,7-8,13-14,17H2,2-5H3,(H2,42,54)(H2,43,55)(H,45,47,56)/b10-9+,23-11+,26-12+. The maximum Gasteiger partial charge on any atom is 0.504 e. The zero-order valence-corrected chi connectivity index (χ0v) is 31.1. The largest absolute Gasteiger partial charge is 0.504 e. The van der Waals surface area contributed by atoms with E-state index in [0.717, 1.165) is 6.20 Å². The molecule has 0 spiro atoms. The second-order valence-electron chi connectivity index (χ2n) is 12.9. The fourth-order valence-electron chi connectivity index (χ4n) is 6.48. The number of nitrogens with one attached hydrogen (secondary N) is 1. The molecule has 56 heavy (non-hydrogen) atoms. The molecule has 0 unspecified atom stereocenters. The van der Waals surface area contributed by atoms with Gasteiger partial charge in [-0.2, -0.15) is 14.9 Å². The number of rotatable bonds is 13. The lowest BCUT2D eigenvalue weighted by Crippen LogP contribution is -2.21. The molecule has 0 atom stereocenters. The van der Waals surface area contributed by atoms with Crippen molar-refractivity contribution in [1.29, 1.82) is 0 Å². The Morgan fingerprint density at radius 1 is 1.04 bits per heavy atom. The number of carbonyl (C=O) groups excluding carboxylic acids is 3. The Kier molecular flexibility index (Phi) is 10.7. The lowest BCUT2D eigenvalue weighted by molar-refractivity contribution is -0.212. The summed E-state index contributed by atoms with van der Waals surface area (Å²) in [6.07, 6.45) is 6.58. The molecule has 18 heteroatoms. The maximum absolute atomic E-state index is 13.6. The lowest BCUT2D eigenvalue weighted by Gasteiger charge is -2.19. The zero-order chi connectivity index (χ0) is 40.5. The van der Waals surface area contributed by atoms with Crippen LogP contribution in [0.2, 0.25) is 0 Å². The monoisotopic (exact) mass is 768 g/mol. The molecule has 15 nitrogen and oxygen atoms in total. The Morgan fingerprint density at radius 3 is 2.45 bits per heavy atom. The summed E-state index contributed by atoms with van der Waals surface area (Å²) in [5, 5.41) is 11.0. The van der Waals surface area contributed by atoms with Crippen molar-refractivity contribution in [2.24, 2.45) is 11.5 Å². The number of halogens is 3. The first kappa shape index (κ1) is 38.9. The van der Waals surface area contributed by atoms with E-state index in [4.69, 9.17) is 16.5 Å². The minimum Gasteiger partial charge on any atom is -0.366 e. The number of hydrogen-bond acceptors (Lipinski definition) is 9. The molecular weight excluding hydrogens is 729 g/mol. The Balaban J connectivity index is 1.36. The van der Waals surface area contributed by atoms with E-state index < -0.39 is 24.0 Å². The van der Waals surface area contributed by atoms with E-state index in [1.54, 1.807) is 53.6 Å². The predicted molar refractivity (Wildman–Crippen MR) is 203 cm³/mol. The molecule has 5 aromatic rings. The molecule has 0 radical (unpaired) electrons. The van der Waals surface area contributed by atoms with Crippen LogP contribution in [-0.2, 0) is 37.0 Å². The molecule has 290 valence electrons. The third-order valence-electron chi connectivity index (χ3n) is 9.12. The van der Waals surface area contributed by atoms with Gasteiger partial charge in [0.25, 0.3) is 5.91 Å². The number of fused-ring (bicyclic) bond motifs is 2. The molecule has 5 N–H and O–H groups in total. The summed E-state index contributed by atoms with van der Waals surface area (Å²) in [5.41, 5.74) is 16.1. The first-order valence-electron chi connectivity index (χ1n) is 17.6. The number of hydrogen-bond donors (Lipinski definition) is 3.